The molecule has 0 aliphatic carbocycles. The fourth-order valence-electron chi connectivity index (χ4n) is 0.917. The molecule has 0 N–H and O–H groups in total. The minimum absolute atomic E-state index is 0. The first-order chi connectivity index (χ1) is 6.56. The third-order valence-electron chi connectivity index (χ3n) is 1.53. The Kier molecular flexibility index (Phi) is 6.66. The summed E-state index contributed by atoms with van der Waals surface area (Å²) < 4.78 is 25.8. The molecule has 4 nitrogen and oxygen atoms in total. The van der Waals surface area contributed by atoms with Crippen LogP contribution in [0, 0.1) is 0 Å². The molecule has 0 saturated heterocycles. The first-order valence-corrected chi connectivity index (χ1v) is 4.98. The normalized spacial score (nSPS) is 11.4. The molecule has 1 aromatic rings. The molecule has 0 bridgehead atoms. The second-order valence-corrected chi connectivity index (χ2v) is 3.71. The second-order valence-electron chi connectivity index (χ2n) is 2.37. The summed E-state index contributed by atoms with van der Waals surface area (Å²) in [4.78, 5) is 11.0. The average molecular weight is 257 g/mol. The number of esters is 1. The van der Waals surface area contributed by atoms with Crippen LogP contribution in [-0.4, -0.2) is 21.8 Å². The van der Waals surface area contributed by atoms with Gasteiger partial charge in [0, 0.05) is 9.92 Å². The average Bonchev–Trinajstić information content (AvgIpc) is 2.16. The predicted molar refractivity (Wildman–Crippen MR) is 50.0 cm³/mol. The number of halogens is 1. The van der Waals surface area contributed by atoms with Crippen molar-refractivity contribution < 1.29 is 47.9 Å². The Labute approximate surface area is 117 Å². The van der Waals surface area contributed by atoms with Crippen LogP contribution in [0.5, 0.6) is 0 Å². The van der Waals surface area contributed by atoms with Crippen LogP contribution in [0.2, 0.25) is 5.02 Å². The monoisotopic (exact) mass is 256 g/mol. The van der Waals surface area contributed by atoms with Crippen LogP contribution >= 0.6 is 11.6 Å². The van der Waals surface area contributed by atoms with Crippen LogP contribution in [0.25, 0.3) is 0 Å². The molecule has 1 aromatic carbocycles. The van der Waals surface area contributed by atoms with Crippen molar-refractivity contribution in [2.45, 2.75) is 4.90 Å². The van der Waals surface area contributed by atoms with Gasteiger partial charge in [0.25, 0.3) is 0 Å². The van der Waals surface area contributed by atoms with Crippen molar-refractivity contribution in [2.24, 2.45) is 0 Å². The number of hydrogen-bond donors (Lipinski definition) is 0. The first kappa shape index (κ1) is 15.1. The number of carbonyl (C=O) groups is 1. The first-order valence-electron chi connectivity index (χ1n) is 3.53. The fraction of sp³-hybridized carbons (Fsp3) is 0.125. The van der Waals surface area contributed by atoms with E-state index >= 15 is 0 Å². The van der Waals surface area contributed by atoms with Gasteiger partial charge < -0.3 is 9.29 Å². The number of hydrogen-bond acceptors (Lipinski definition) is 4. The van der Waals surface area contributed by atoms with E-state index in [-0.39, 0.29) is 45.0 Å². The van der Waals surface area contributed by atoms with Gasteiger partial charge in [0.05, 0.1) is 12.7 Å². The minimum Gasteiger partial charge on any atom is -0.768 e. The van der Waals surface area contributed by atoms with E-state index < -0.39 is 17.0 Å². The molecule has 1 atom stereocenters. The Hall–Kier alpha value is 0.0900. The van der Waals surface area contributed by atoms with Gasteiger partial charge in [-0.1, -0.05) is 11.6 Å². The molecule has 0 radical (unpaired) electrons. The topological polar surface area (TPSA) is 66.4 Å². The van der Waals surface area contributed by atoms with E-state index in [4.69, 9.17) is 11.6 Å². The Morgan fingerprint density at radius 2 is 2.13 bits per heavy atom. The molecule has 0 saturated carbocycles. The van der Waals surface area contributed by atoms with Crippen LogP contribution in [0.15, 0.2) is 23.1 Å². The summed E-state index contributed by atoms with van der Waals surface area (Å²) in [5.74, 6) is -0.730. The van der Waals surface area contributed by atoms with E-state index in [1.54, 1.807) is 0 Å². The van der Waals surface area contributed by atoms with Crippen molar-refractivity contribution in [3.8, 4) is 0 Å². The molecule has 15 heavy (non-hydrogen) atoms. The van der Waals surface area contributed by atoms with E-state index in [9.17, 15) is 13.6 Å². The molecule has 0 aromatic heterocycles. The summed E-state index contributed by atoms with van der Waals surface area (Å²) in [5.41, 5.74) is -0.0617. The zero-order chi connectivity index (χ0) is 10.7. The molecule has 1 rings (SSSR count). The Balaban J connectivity index is 0.00000196. The zero-order valence-electron chi connectivity index (χ0n) is 8.15. The van der Waals surface area contributed by atoms with Gasteiger partial charge in [0.2, 0.25) is 0 Å². The van der Waals surface area contributed by atoms with Gasteiger partial charge in [-0.25, -0.2) is 4.79 Å². The Bertz CT molecular complexity index is 396. The third-order valence-corrected chi connectivity index (χ3v) is 2.48. The van der Waals surface area contributed by atoms with Crippen molar-refractivity contribution in [1.29, 1.82) is 0 Å². The number of rotatable bonds is 2. The molecule has 1 unspecified atom stereocenters. The zero-order valence-corrected chi connectivity index (χ0v) is 11.7. The summed E-state index contributed by atoms with van der Waals surface area (Å²) in [5, 5.41) is 0.277. The smallest absolute Gasteiger partial charge is 0.768 e. The Morgan fingerprint density at radius 1 is 1.53 bits per heavy atom. The van der Waals surface area contributed by atoms with Crippen LogP contribution in [0.3, 0.4) is 0 Å². The summed E-state index contributed by atoms with van der Waals surface area (Å²) in [6, 6.07) is 3.88. The largest absolute Gasteiger partial charge is 1.00 e. The quantitative estimate of drug-likeness (QED) is 0.362. The molecular formula is C8H6ClNaO4S. The maximum absolute atomic E-state index is 11.1. The summed E-state index contributed by atoms with van der Waals surface area (Å²) in [6.45, 7) is 0. The van der Waals surface area contributed by atoms with Crippen LogP contribution in [-0.2, 0) is 15.8 Å². The second kappa shape index (κ2) is 6.62. The van der Waals surface area contributed by atoms with E-state index in [1.165, 1.54) is 25.3 Å². The van der Waals surface area contributed by atoms with Crippen molar-refractivity contribution in [2.75, 3.05) is 7.11 Å². The van der Waals surface area contributed by atoms with Gasteiger partial charge in [-0.15, -0.1) is 0 Å². The SMILES string of the molecule is COC(=O)c1cc(Cl)ccc1S(=O)[O-].[Na+]. The van der Waals surface area contributed by atoms with Crippen LogP contribution in [0.1, 0.15) is 10.4 Å². The van der Waals surface area contributed by atoms with Gasteiger partial charge in [0.1, 0.15) is 0 Å². The van der Waals surface area contributed by atoms with Gasteiger partial charge in [0.15, 0.2) is 0 Å². The number of carbonyl (C=O) groups excluding carboxylic acids is 1. The summed E-state index contributed by atoms with van der Waals surface area (Å²) in [7, 11) is 1.17. The molecule has 0 aliphatic heterocycles. The van der Waals surface area contributed by atoms with Crippen molar-refractivity contribution in [3.63, 3.8) is 0 Å². The molecule has 0 fully saturated rings. The van der Waals surface area contributed by atoms with E-state index in [1.807, 2.05) is 0 Å². The molecule has 0 amide bonds. The van der Waals surface area contributed by atoms with Crippen LogP contribution < -0.4 is 29.6 Å². The number of ether oxygens (including phenoxy) is 1. The van der Waals surface area contributed by atoms with Gasteiger partial charge in [-0.2, -0.15) is 0 Å². The van der Waals surface area contributed by atoms with Crippen molar-refractivity contribution >= 4 is 28.7 Å². The van der Waals surface area contributed by atoms with Crippen molar-refractivity contribution in [1.82, 2.24) is 0 Å². The van der Waals surface area contributed by atoms with E-state index in [0.29, 0.717) is 0 Å². The standard InChI is InChI=1S/C8H7ClO4S.Na/c1-13-8(10)6-4-5(9)2-3-7(6)14(11)12;/h2-4H,1H3,(H,11,12);/q;+1/p-1. The fourth-order valence-corrected chi connectivity index (χ4v) is 1.59. The third kappa shape index (κ3) is 3.86. The molecular weight excluding hydrogens is 251 g/mol. The summed E-state index contributed by atoms with van der Waals surface area (Å²) in [6.07, 6.45) is 0. The van der Waals surface area contributed by atoms with Gasteiger partial charge in [-0.3, -0.25) is 4.21 Å². The van der Waals surface area contributed by atoms with E-state index in [0.717, 1.165) is 0 Å². The minimum atomic E-state index is -2.48. The molecule has 7 heteroatoms. The maximum atomic E-state index is 11.1. The van der Waals surface area contributed by atoms with E-state index in [2.05, 4.69) is 4.74 Å². The van der Waals surface area contributed by atoms with Crippen molar-refractivity contribution in [3.05, 3.63) is 28.8 Å². The number of benzene rings is 1. The number of methoxy groups -OCH3 is 1. The van der Waals surface area contributed by atoms with Gasteiger partial charge in [-0.05, 0) is 29.3 Å². The predicted octanol–water partition coefficient (Wildman–Crippen LogP) is -1.63. The molecule has 0 aliphatic rings. The summed E-state index contributed by atoms with van der Waals surface area (Å²) >= 11 is 3.13. The van der Waals surface area contributed by atoms with Crippen LogP contribution in [0.4, 0.5) is 0 Å². The Morgan fingerprint density at radius 3 is 2.60 bits per heavy atom. The van der Waals surface area contributed by atoms with Gasteiger partial charge >= 0.3 is 35.5 Å². The maximum Gasteiger partial charge on any atom is 1.00 e. The molecule has 0 heterocycles. The molecule has 0 spiro atoms. The molecule has 76 valence electrons.